The van der Waals surface area contributed by atoms with E-state index in [4.69, 9.17) is 4.74 Å². The van der Waals surface area contributed by atoms with Gasteiger partial charge < -0.3 is 9.47 Å². The summed E-state index contributed by atoms with van der Waals surface area (Å²) in [7, 11) is -1.18. The third kappa shape index (κ3) is 4.09. The Morgan fingerprint density at radius 3 is 2.44 bits per heavy atom. The molecule has 0 bridgehead atoms. The lowest BCUT2D eigenvalue weighted by atomic mass is 10.2. The number of methoxy groups -OCH3 is 2. The number of benzene rings is 2. The van der Waals surface area contributed by atoms with Crippen molar-refractivity contribution >= 4 is 33.0 Å². The van der Waals surface area contributed by atoms with Gasteiger partial charge in [-0.3, -0.25) is 9.71 Å². The number of ether oxygens (including phenoxy) is 2. The van der Waals surface area contributed by atoms with Gasteiger partial charge in [0.25, 0.3) is 10.0 Å². The molecule has 0 aliphatic rings. The van der Waals surface area contributed by atoms with Gasteiger partial charge in [0.1, 0.15) is 5.75 Å². The first-order valence-electron chi connectivity index (χ1n) is 7.72. The Labute approximate surface area is 160 Å². The molecule has 1 heterocycles. The van der Waals surface area contributed by atoms with Crippen LogP contribution in [-0.4, -0.2) is 33.6 Å². The quantitative estimate of drug-likeness (QED) is 0.633. The van der Waals surface area contributed by atoms with Crippen LogP contribution in [0.15, 0.2) is 59.1 Å². The number of carbonyl (C=O) groups excluding carboxylic acids is 1. The zero-order chi connectivity index (χ0) is 19.4. The molecule has 0 atom stereocenters. The van der Waals surface area contributed by atoms with Gasteiger partial charge in [0, 0.05) is 6.20 Å². The molecule has 0 saturated heterocycles. The number of esters is 1. The van der Waals surface area contributed by atoms with Gasteiger partial charge in [-0.1, -0.05) is 12.1 Å². The summed E-state index contributed by atoms with van der Waals surface area (Å²) < 4.78 is 37.7. The standard InChI is InChI=1S/C18H16N2O5S2/c1-24-16-9-13(18(21)25-2)5-8-15(16)20-27(22,23)14-6-3-12(4-7-14)17-10-19-11-26-17/h3-11,20H,1-2H3. The minimum atomic E-state index is -3.83. The van der Waals surface area contributed by atoms with Crippen LogP contribution in [0.2, 0.25) is 0 Å². The molecule has 1 aromatic heterocycles. The minimum Gasteiger partial charge on any atom is -0.495 e. The first kappa shape index (κ1) is 18.9. The lowest BCUT2D eigenvalue weighted by Crippen LogP contribution is -2.14. The molecule has 7 nitrogen and oxygen atoms in total. The Bertz CT molecular complexity index is 1050. The molecule has 3 rings (SSSR count). The van der Waals surface area contributed by atoms with Crippen LogP contribution in [0, 0.1) is 0 Å². The van der Waals surface area contributed by atoms with E-state index >= 15 is 0 Å². The maximum Gasteiger partial charge on any atom is 0.337 e. The average Bonchev–Trinajstić information content (AvgIpc) is 3.22. The van der Waals surface area contributed by atoms with Crippen molar-refractivity contribution in [3.05, 3.63) is 59.7 Å². The lowest BCUT2D eigenvalue weighted by molar-refractivity contribution is 0.0600. The van der Waals surface area contributed by atoms with Crippen molar-refractivity contribution in [3.8, 4) is 16.2 Å². The zero-order valence-electron chi connectivity index (χ0n) is 14.5. The van der Waals surface area contributed by atoms with Crippen molar-refractivity contribution in [2.24, 2.45) is 0 Å². The van der Waals surface area contributed by atoms with Crippen molar-refractivity contribution in [1.82, 2.24) is 4.98 Å². The summed E-state index contributed by atoms with van der Waals surface area (Å²) in [6.07, 6.45) is 1.72. The van der Waals surface area contributed by atoms with Crippen LogP contribution >= 0.6 is 11.3 Å². The Morgan fingerprint density at radius 1 is 1.11 bits per heavy atom. The van der Waals surface area contributed by atoms with Crippen LogP contribution in [0.4, 0.5) is 5.69 Å². The molecule has 2 aromatic carbocycles. The molecule has 3 aromatic rings. The van der Waals surface area contributed by atoms with Gasteiger partial charge in [-0.15, -0.1) is 11.3 Å². The van der Waals surface area contributed by atoms with Crippen molar-refractivity contribution in [3.63, 3.8) is 0 Å². The summed E-state index contributed by atoms with van der Waals surface area (Å²) >= 11 is 1.47. The summed E-state index contributed by atoms with van der Waals surface area (Å²) in [4.78, 5) is 16.7. The number of nitrogens with one attached hydrogen (secondary N) is 1. The van der Waals surface area contributed by atoms with Crippen LogP contribution < -0.4 is 9.46 Å². The van der Waals surface area contributed by atoms with Crippen molar-refractivity contribution < 1.29 is 22.7 Å². The molecular weight excluding hydrogens is 388 g/mol. The molecule has 0 amide bonds. The van der Waals surface area contributed by atoms with Gasteiger partial charge in [-0.05, 0) is 35.9 Å². The van der Waals surface area contributed by atoms with Crippen LogP contribution in [-0.2, 0) is 14.8 Å². The van der Waals surface area contributed by atoms with Gasteiger partial charge in [-0.2, -0.15) is 0 Å². The third-order valence-electron chi connectivity index (χ3n) is 3.75. The van der Waals surface area contributed by atoms with E-state index in [-0.39, 0.29) is 21.9 Å². The number of sulfonamides is 1. The highest BCUT2D eigenvalue weighted by Crippen LogP contribution is 2.29. The molecule has 0 radical (unpaired) electrons. The molecule has 0 aliphatic carbocycles. The minimum absolute atomic E-state index is 0.106. The molecule has 27 heavy (non-hydrogen) atoms. The summed E-state index contributed by atoms with van der Waals surface area (Å²) in [5.74, 6) is -0.330. The molecule has 9 heteroatoms. The number of hydrogen-bond acceptors (Lipinski definition) is 7. The second kappa shape index (κ2) is 7.77. The van der Waals surface area contributed by atoms with E-state index in [9.17, 15) is 13.2 Å². The monoisotopic (exact) mass is 404 g/mol. The van der Waals surface area contributed by atoms with E-state index in [2.05, 4.69) is 14.4 Å². The summed E-state index contributed by atoms with van der Waals surface area (Å²) in [6.45, 7) is 0. The average molecular weight is 404 g/mol. The molecule has 0 saturated carbocycles. The summed E-state index contributed by atoms with van der Waals surface area (Å²) in [6, 6.07) is 10.8. The van der Waals surface area contributed by atoms with Gasteiger partial charge in [-0.25, -0.2) is 13.2 Å². The second-order valence-electron chi connectivity index (χ2n) is 5.40. The van der Waals surface area contributed by atoms with Crippen LogP contribution in [0.1, 0.15) is 10.4 Å². The first-order chi connectivity index (χ1) is 12.9. The fraction of sp³-hybridized carbons (Fsp3) is 0.111. The highest BCUT2D eigenvalue weighted by Gasteiger charge is 2.18. The SMILES string of the molecule is COC(=O)c1ccc(NS(=O)(=O)c2ccc(-c3cncs3)cc2)c(OC)c1. The van der Waals surface area contributed by atoms with E-state index in [0.29, 0.717) is 0 Å². The zero-order valence-corrected chi connectivity index (χ0v) is 16.1. The van der Waals surface area contributed by atoms with Crippen molar-refractivity contribution in [2.75, 3.05) is 18.9 Å². The molecule has 140 valence electrons. The van der Waals surface area contributed by atoms with Gasteiger partial charge >= 0.3 is 5.97 Å². The van der Waals surface area contributed by atoms with E-state index in [1.54, 1.807) is 23.8 Å². The number of hydrogen-bond donors (Lipinski definition) is 1. The van der Waals surface area contributed by atoms with E-state index in [0.717, 1.165) is 10.4 Å². The topological polar surface area (TPSA) is 94.6 Å². The number of anilines is 1. The van der Waals surface area contributed by atoms with Crippen molar-refractivity contribution in [2.45, 2.75) is 4.90 Å². The Morgan fingerprint density at radius 2 is 1.85 bits per heavy atom. The number of aromatic nitrogens is 1. The molecule has 1 N–H and O–H groups in total. The van der Waals surface area contributed by atoms with Gasteiger partial charge in [0.05, 0.1) is 40.8 Å². The molecule has 0 fully saturated rings. The highest BCUT2D eigenvalue weighted by molar-refractivity contribution is 7.92. The normalized spacial score (nSPS) is 11.0. The summed E-state index contributed by atoms with van der Waals surface area (Å²) in [5, 5.41) is 0. The Kier molecular flexibility index (Phi) is 5.43. The smallest absolute Gasteiger partial charge is 0.337 e. The van der Waals surface area contributed by atoms with Gasteiger partial charge in [0.15, 0.2) is 0 Å². The Balaban J connectivity index is 1.87. The molecule has 0 spiro atoms. The largest absolute Gasteiger partial charge is 0.495 e. The maximum absolute atomic E-state index is 12.7. The van der Waals surface area contributed by atoms with E-state index in [1.165, 1.54) is 55.9 Å². The van der Waals surface area contributed by atoms with Crippen LogP contribution in [0.5, 0.6) is 5.75 Å². The second-order valence-corrected chi connectivity index (χ2v) is 7.97. The highest BCUT2D eigenvalue weighted by atomic mass is 32.2. The maximum atomic E-state index is 12.7. The number of carbonyl (C=O) groups is 1. The third-order valence-corrected chi connectivity index (χ3v) is 5.95. The summed E-state index contributed by atoms with van der Waals surface area (Å²) in [5.41, 5.74) is 3.07. The lowest BCUT2D eigenvalue weighted by Gasteiger charge is -2.13. The predicted molar refractivity (Wildman–Crippen MR) is 103 cm³/mol. The van der Waals surface area contributed by atoms with Crippen LogP contribution in [0.25, 0.3) is 10.4 Å². The Hall–Kier alpha value is -2.91. The molecule has 0 unspecified atom stereocenters. The number of rotatable bonds is 6. The number of thiazole rings is 1. The fourth-order valence-corrected chi connectivity index (χ4v) is 4.08. The van der Waals surface area contributed by atoms with Crippen LogP contribution in [0.3, 0.4) is 0 Å². The van der Waals surface area contributed by atoms with Gasteiger partial charge in [0.2, 0.25) is 0 Å². The van der Waals surface area contributed by atoms with Crippen molar-refractivity contribution in [1.29, 1.82) is 0 Å². The first-order valence-corrected chi connectivity index (χ1v) is 10.1. The number of nitrogens with zero attached hydrogens (tertiary/aromatic N) is 1. The fourth-order valence-electron chi connectivity index (χ4n) is 2.38. The predicted octanol–water partition coefficient (Wildman–Crippen LogP) is 3.41. The molecular formula is C18H16N2O5S2. The van der Waals surface area contributed by atoms with E-state index in [1.807, 2.05) is 0 Å². The van der Waals surface area contributed by atoms with E-state index < -0.39 is 16.0 Å². The molecule has 0 aliphatic heterocycles.